The van der Waals surface area contributed by atoms with Crippen LogP contribution >= 0.6 is 12.2 Å². The topological polar surface area (TPSA) is 73.6 Å². The van der Waals surface area contributed by atoms with Crippen LogP contribution < -0.4 is 5.32 Å². The summed E-state index contributed by atoms with van der Waals surface area (Å²) in [6.07, 6.45) is 7.61. The minimum atomic E-state index is -0.0155. The Balaban J connectivity index is 2.07. The molecule has 0 saturated carbocycles. The van der Waals surface area contributed by atoms with Crippen molar-refractivity contribution in [3.8, 4) is 0 Å². The van der Waals surface area contributed by atoms with Gasteiger partial charge in [-0.1, -0.05) is 39.0 Å². The molecule has 0 aliphatic carbocycles. The molecule has 3 N–H and O–H groups in total. The minimum Gasteiger partial charge on any atom is -0.295 e. The number of nitrogens with one attached hydrogen (secondary N) is 3. The summed E-state index contributed by atoms with van der Waals surface area (Å²) in [6, 6.07) is 0. The van der Waals surface area contributed by atoms with E-state index in [2.05, 4.69) is 27.4 Å². The molecule has 1 aromatic rings. The van der Waals surface area contributed by atoms with Gasteiger partial charge < -0.3 is 0 Å². The van der Waals surface area contributed by atoms with E-state index in [9.17, 15) is 4.79 Å². The molecule has 5 nitrogen and oxygen atoms in total. The molecule has 1 aromatic heterocycles. The van der Waals surface area contributed by atoms with Gasteiger partial charge in [0.1, 0.15) is 0 Å². The largest absolute Gasteiger partial charge is 0.295 e. The number of aromatic amines is 2. The van der Waals surface area contributed by atoms with Crippen molar-refractivity contribution in [2.45, 2.75) is 51.9 Å². The van der Waals surface area contributed by atoms with Gasteiger partial charge in [-0.05, 0) is 18.6 Å². The predicted octanol–water partition coefficient (Wildman–Crippen LogP) is 3.16. The lowest BCUT2D eigenvalue weighted by Crippen LogP contribution is -2.12. The summed E-state index contributed by atoms with van der Waals surface area (Å²) in [5, 5.41) is 7.97. The number of anilines is 1. The molecule has 96 valence electrons. The highest BCUT2D eigenvalue weighted by Gasteiger charge is 2.03. The summed E-state index contributed by atoms with van der Waals surface area (Å²) in [4.78, 5) is 15.4. The smallest absolute Gasteiger partial charge is 0.226 e. The van der Waals surface area contributed by atoms with Crippen LogP contribution in [0.4, 0.5) is 5.95 Å². The van der Waals surface area contributed by atoms with Gasteiger partial charge in [-0.3, -0.25) is 20.3 Å². The third-order valence-electron chi connectivity index (χ3n) is 2.52. The predicted molar refractivity (Wildman–Crippen MR) is 70.4 cm³/mol. The molecular formula is C11H20N4OS. The first-order valence-electron chi connectivity index (χ1n) is 6.17. The molecule has 0 spiro atoms. The van der Waals surface area contributed by atoms with Crippen molar-refractivity contribution in [3.63, 3.8) is 0 Å². The Morgan fingerprint density at radius 1 is 1.24 bits per heavy atom. The number of carbonyl (C=O) groups excluding carboxylic acids is 1. The standard InChI is InChI=1S/C11H20N4OS/c1-2-3-4-5-6-7-8-9(16)12-10-13-11(17)15-14-10/h2-8H2,1H3,(H3,12,13,14,15,16,17). The van der Waals surface area contributed by atoms with Crippen molar-refractivity contribution in [3.05, 3.63) is 4.77 Å². The average Bonchev–Trinajstić information content (AvgIpc) is 2.69. The summed E-state index contributed by atoms with van der Waals surface area (Å²) in [5.74, 6) is 0.379. The van der Waals surface area contributed by atoms with E-state index >= 15 is 0 Å². The maximum atomic E-state index is 11.5. The fraction of sp³-hybridized carbons (Fsp3) is 0.727. The van der Waals surface area contributed by atoms with Crippen molar-refractivity contribution in [1.82, 2.24) is 15.2 Å². The first kappa shape index (κ1) is 13.9. The fourth-order valence-corrected chi connectivity index (χ4v) is 1.73. The zero-order valence-electron chi connectivity index (χ0n) is 10.2. The van der Waals surface area contributed by atoms with Gasteiger partial charge in [0.05, 0.1) is 0 Å². The Bertz CT molecular complexity index is 385. The molecule has 0 aromatic carbocycles. The van der Waals surface area contributed by atoms with Gasteiger partial charge in [-0.15, -0.1) is 0 Å². The van der Waals surface area contributed by atoms with Gasteiger partial charge in [0.2, 0.25) is 16.6 Å². The van der Waals surface area contributed by atoms with E-state index in [-0.39, 0.29) is 5.91 Å². The van der Waals surface area contributed by atoms with Crippen LogP contribution in [0.1, 0.15) is 51.9 Å². The molecule has 0 atom stereocenters. The maximum absolute atomic E-state index is 11.5. The summed E-state index contributed by atoms with van der Waals surface area (Å²) in [7, 11) is 0. The molecule has 6 heteroatoms. The number of hydrogen-bond acceptors (Lipinski definition) is 3. The summed E-state index contributed by atoms with van der Waals surface area (Å²) in [6.45, 7) is 2.20. The van der Waals surface area contributed by atoms with Gasteiger partial charge >= 0.3 is 0 Å². The molecular weight excluding hydrogens is 236 g/mol. The minimum absolute atomic E-state index is 0.0155. The number of unbranched alkanes of at least 4 members (excludes halogenated alkanes) is 5. The van der Waals surface area contributed by atoms with Crippen molar-refractivity contribution in [2.75, 3.05) is 5.32 Å². The molecule has 0 aliphatic heterocycles. The van der Waals surface area contributed by atoms with E-state index in [0.29, 0.717) is 17.1 Å². The molecule has 17 heavy (non-hydrogen) atoms. The van der Waals surface area contributed by atoms with Crippen molar-refractivity contribution >= 4 is 24.1 Å². The summed E-state index contributed by atoms with van der Waals surface area (Å²) >= 11 is 4.78. The van der Waals surface area contributed by atoms with Crippen molar-refractivity contribution in [1.29, 1.82) is 0 Å². The van der Waals surface area contributed by atoms with Gasteiger partial charge in [-0.25, -0.2) is 0 Å². The van der Waals surface area contributed by atoms with E-state index in [4.69, 9.17) is 12.2 Å². The van der Waals surface area contributed by atoms with E-state index < -0.39 is 0 Å². The highest BCUT2D eigenvalue weighted by atomic mass is 32.1. The normalized spacial score (nSPS) is 10.4. The second-order valence-corrected chi connectivity index (χ2v) is 4.47. The van der Waals surface area contributed by atoms with E-state index in [0.717, 1.165) is 12.8 Å². The van der Waals surface area contributed by atoms with Crippen LogP contribution in [0.3, 0.4) is 0 Å². The van der Waals surface area contributed by atoms with Gasteiger partial charge in [0, 0.05) is 6.42 Å². The number of amides is 1. The first-order chi connectivity index (χ1) is 8.22. The first-order valence-corrected chi connectivity index (χ1v) is 6.57. The second-order valence-electron chi connectivity index (χ2n) is 4.08. The monoisotopic (exact) mass is 256 g/mol. The Hall–Kier alpha value is -1.17. The molecule has 1 amide bonds. The van der Waals surface area contributed by atoms with Crippen LogP contribution in [0.15, 0.2) is 0 Å². The van der Waals surface area contributed by atoms with Gasteiger partial charge in [-0.2, -0.15) is 4.98 Å². The molecule has 0 bridgehead atoms. The van der Waals surface area contributed by atoms with Crippen LogP contribution in [0.5, 0.6) is 0 Å². The molecule has 0 saturated heterocycles. The summed E-state index contributed by atoms with van der Waals surface area (Å²) in [5.41, 5.74) is 0. The van der Waals surface area contributed by atoms with Crippen LogP contribution in [-0.2, 0) is 4.79 Å². The maximum Gasteiger partial charge on any atom is 0.226 e. The van der Waals surface area contributed by atoms with Gasteiger partial charge in [0.15, 0.2) is 0 Å². The van der Waals surface area contributed by atoms with E-state index in [1.807, 2.05) is 0 Å². The third-order valence-corrected chi connectivity index (χ3v) is 2.71. The van der Waals surface area contributed by atoms with E-state index in [1.54, 1.807) is 0 Å². The number of carbonyl (C=O) groups is 1. The third kappa shape index (κ3) is 6.21. The Morgan fingerprint density at radius 3 is 2.59 bits per heavy atom. The van der Waals surface area contributed by atoms with Crippen LogP contribution in [0, 0.1) is 4.77 Å². The quantitative estimate of drug-likeness (QED) is 0.494. The number of H-pyrrole nitrogens is 2. The SMILES string of the molecule is CCCCCCCCC(=O)Nc1nc(=S)[nH][nH]1. The second kappa shape index (κ2) is 8.00. The molecule has 1 heterocycles. The fourth-order valence-electron chi connectivity index (χ4n) is 1.59. The van der Waals surface area contributed by atoms with Crippen LogP contribution in [-0.4, -0.2) is 21.1 Å². The number of nitrogens with zero attached hydrogens (tertiary/aromatic N) is 1. The molecule has 0 fully saturated rings. The van der Waals surface area contributed by atoms with Crippen LogP contribution in [0.2, 0.25) is 0 Å². The highest BCUT2D eigenvalue weighted by molar-refractivity contribution is 7.71. The lowest BCUT2D eigenvalue weighted by Gasteiger charge is -2.01. The Kier molecular flexibility index (Phi) is 6.54. The lowest BCUT2D eigenvalue weighted by molar-refractivity contribution is -0.116. The van der Waals surface area contributed by atoms with E-state index in [1.165, 1.54) is 25.7 Å². The molecule has 0 aliphatic rings. The van der Waals surface area contributed by atoms with Crippen LogP contribution in [0.25, 0.3) is 0 Å². The zero-order valence-corrected chi connectivity index (χ0v) is 11.0. The van der Waals surface area contributed by atoms with Crippen molar-refractivity contribution < 1.29 is 4.79 Å². The van der Waals surface area contributed by atoms with Crippen molar-refractivity contribution in [2.24, 2.45) is 0 Å². The van der Waals surface area contributed by atoms with Gasteiger partial charge in [0.25, 0.3) is 0 Å². The molecule has 0 unspecified atom stereocenters. The Morgan fingerprint density at radius 2 is 1.94 bits per heavy atom. The lowest BCUT2D eigenvalue weighted by atomic mass is 10.1. The number of aromatic nitrogens is 3. The summed E-state index contributed by atoms with van der Waals surface area (Å²) < 4.78 is 0.347. The average molecular weight is 256 g/mol. The highest BCUT2D eigenvalue weighted by Crippen LogP contribution is 2.07. The number of rotatable bonds is 8. The number of hydrogen-bond donors (Lipinski definition) is 3. The zero-order chi connectivity index (χ0) is 12.5. The molecule has 1 rings (SSSR count). The Labute approximate surface area is 106 Å². The molecule has 0 radical (unpaired) electrons.